The first-order valence-corrected chi connectivity index (χ1v) is 5.98. The summed E-state index contributed by atoms with van der Waals surface area (Å²) >= 11 is 0. The molecule has 0 atom stereocenters. The van der Waals surface area contributed by atoms with Gasteiger partial charge >= 0.3 is 0 Å². The minimum absolute atomic E-state index is 0.0814. The number of ketones is 4. The molecule has 104 valence electrons. The van der Waals surface area contributed by atoms with E-state index in [1.165, 1.54) is 0 Å². The third-order valence-corrected chi connectivity index (χ3v) is 3.73. The van der Waals surface area contributed by atoms with Gasteiger partial charge in [0.1, 0.15) is 12.2 Å². The summed E-state index contributed by atoms with van der Waals surface area (Å²) in [6, 6.07) is 2.19. The zero-order valence-electron chi connectivity index (χ0n) is 10.4. The normalized spacial score (nSPS) is 18.1. The number of hydrogen-bond acceptors (Lipinski definition) is 6. The average molecular weight is 285 g/mol. The van der Waals surface area contributed by atoms with Gasteiger partial charge in [-0.05, 0) is 12.1 Å². The van der Waals surface area contributed by atoms with Crippen LogP contribution in [-0.4, -0.2) is 35.3 Å². The third-order valence-electron chi connectivity index (χ3n) is 3.73. The lowest BCUT2D eigenvalue weighted by molar-refractivity contribution is -0.119. The van der Waals surface area contributed by atoms with E-state index in [1.807, 2.05) is 0 Å². The molecule has 1 aromatic rings. The average Bonchev–Trinajstić information content (AvgIpc) is 2.82. The van der Waals surface area contributed by atoms with Crippen LogP contribution in [0.5, 0.6) is 0 Å². The molecule has 1 aromatic carbocycles. The van der Waals surface area contributed by atoms with E-state index in [2.05, 4.69) is 0 Å². The van der Waals surface area contributed by atoms with E-state index in [0.717, 1.165) is 12.1 Å². The van der Waals surface area contributed by atoms with Gasteiger partial charge in [0.15, 0.2) is 29.1 Å². The largest absolute Gasteiger partial charge is 0.369 e. The molecule has 0 aromatic heterocycles. The molecular formula is C14H7NO6. The van der Waals surface area contributed by atoms with Crippen LogP contribution in [0, 0.1) is 11.8 Å². The van der Waals surface area contributed by atoms with Crippen LogP contribution < -0.4 is 5.73 Å². The first kappa shape index (κ1) is 13.0. The smallest absolute Gasteiger partial charge is 0.236 e. The Hall–Kier alpha value is -2.96. The lowest BCUT2D eigenvalue weighted by Crippen LogP contribution is -2.31. The summed E-state index contributed by atoms with van der Waals surface area (Å²) in [4.78, 5) is 69.8. The molecule has 1 amide bonds. The highest BCUT2D eigenvalue weighted by molar-refractivity contribution is 6.38. The summed E-state index contributed by atoms with van der Waals surface area (Å²) in [5.74, 6) is -7.13. The molecule has 2 aliphatic rings. The van der Waals surface area contributed by atoms with Crippen LogP contribution in [0.1, 0.15) is 41.4 Å². The fourth-order valence-corrected chi connectivity index (χ4v) is 2.68. The highest BCUT2D eigenvalue weighted by atomic mass is 16.2. The van der Waals surface area contributed by atoms with Crippen molar-refractivity contribution in [2.45, 2.75) is 0 Å². The van der Waals surface area contributed by atoms with Crippen molar-refractivity contribution in [3.63, 3.8) is 0 Å². The van der Waals surface area contributed by atoms with E-state index >= 15 is 0 Å². The highest BCUT2D eigenvalue weighted by Gasteiger charge is 2.46. The second-order valence-electron chi connectivity index (χ2n) is 4.85. The summed E-state index contributed by atoms with van der Waals surface area (Å²) in [6.45, 7) is 0. The van der Waals surface area contributed by atoms with Crippen LogP contribution in [0.4, 0.5) is 0 Å². The zero-order valence-corrected chi connectivity index (χ0v) is 10.4. The van der Waals surface area contributed by atoms with E-state index in [-0.39, 0.29) is 28.5 Å². The first-order valence-electron chi connectivity index (χ1n) is 5.98. The van der Waals surface area contributed by atoms with Gasteiger partial charge < -0.3 is 10.5 Å². The van der Waals surface area contributed by atoms with E-state index in [4.69, 9.17) is 5.73 Å². The van der Waals surface area contributed by atoms with Gasteiger partial charge in [-0.25, -0.2) is 0 Å². The van der Waals surface area contributed by atoms with Gasteiger partial charge in [-0.15, -0.1) is 0 Å². The van der Waals surface area contributed by atoms with Gasteiger partial charge in [-0.2, -0.15) is 0 Å². The topological polar surface area (TPSA) is 128 Å². The van der Waals surface area contributed by atoms with Crippen molar-refractivity contribution >= 4 is 35.3 Å². The Bertz CT molecular complexity index is 736. The second-order valence-corrected chi connectivity index (χ2v) is 4.85. The molecule has 0 heterocycles. The second kappa shape index (κ2) is 4.02. The van der Waals surface area contributed by atoms with E-state index < -0.39 is 40.9 Å². The predicted molar refractivity (Wildman–Crippen MR) is 66.0 cm³/mol. The molecule has 0 fully saturated rings. The zero-order chi connectivity index (χ0) is 15.5. The molecule has 0 saturated heterocycles. The number of rotatable bonds is 2. The SMILES string of the molecule is NC(=O)C1C(=O)c2cc3c(cc2C1=O)C(=O)C(C=O)C3=O. The maximum absolute atomic E-state index is 12.0. The fraction of sp³-hybridized carbons (Fsp3) is 0.143. The highest BCUT2D eigenvalue weighted by Crippen LogP contribution is 2.34. The molecule has 0 radical (unpaired) electrons. The third kappa shape index (κ3) is 1.48. The van der Waals surface area contributed by atoms with Gasteiger partial charge in [-0.1, -0.05) is 0 Å². The molecule has 2 N–H and O–H groups in total. The predicted octanol–water partition coefficient (Wildman–Crippen LogP) is -0.639. The lowest BCUT2D eigenvalue weighted by Gasteiger charge is -2.00. The molecule has 7 heteroatoms. The standard InChI is InChI=1S/C14H7NO6/c15-14(21)9-12(19)6-1-4-5(2-7(6)13(9)20)11(18)8(3-16)10(4)17/h1-3,8-9H,(H2,15,21). The van der Waals surface area contributed by atoms with Crippen LogP contribution in [0.3, 0.4) is 0 Å². The Morgan fingerprint density at radius 3 is 1.57 bits per heavy atom. The maximum atomic E-state index is 12.0. The number of hydrogen-bond donors (Lipinski definition) is 1. The van der Waals surface area contributed by atoms with Crippen molar-refractivity contribution < 1.29 is 28.8 Å². The number of primary amides is 1. The fourth-order valence-electron chi connectivity index (χ4n) is 2.68. The van der Waals surface area contributed by atoms with Crippen LogP contribution in [0.25, 0.3) is 0 Å². The summed E-state index contributed by atoms with van der Waals surface area (Å²) in [5.41, 5.74) is 4.62. The summed E-state index contributed by atoms with van der Waals surface area (Å²) < 4.78 is 0. The molecule has 3 rings (SSSR count). The van der Waals surface area contributed by atoms with Gasteiger partial charge in [0.2, 0.25) is 5.91 Å². The summed E-state index contributed by atoms with van der Waals surface area (Å²) in [6.07, 6.45) is 0.228. The van der Waals surface area contributed by atoms with Crippen molar-refractivity contribution in [2.24, 2.45) is 17.6 Å². The van der Waals surface area contributed by atoms with Crippen molar-refractivity contribution in [1.82, 2.24) is 0 Å². The van der Waals surface area contributed by atoms with E-state index in [1.54, 1.807) is 0 Å². The van der Waals surface area contributed by atoms with Gasteiger partial charge in [-0.3, -0.25) is 24.0 Å². The number of amides is 1. The Labute approximate surface area is 117 Å². The van der Waals surface area contributed by atoms with Crippen LogP contribution >= 0.6 is 0 Å². The lowest BCUT2D eigenvalue weighted by atomic mass is 10.0. The molecule has 0 unspecified atom stereocenters. The van der Waals surface area contributed by atoms with Crippen molar-refractivity contribution in [3.05, 3.63) is 34.4 Å². The van der Waals surface area contributed by atoms with Crippen molar-refractivity contribution in [3.8, 4) is 0 Å². The molecule has 2 aliphatic carbocycles. The van der Waals surface area contributed by atoms with Crippen LogP contribution in [-0.2, 0) is 9.59 Å². The maximum Gasteiger partial charge on any atom is 0.236 e. The quantitative estimate of drug-likeness (QED) is 0.568. The number of nitrogens with two attached hydrogens (primary N) is 1. The number of carbonyl (C=O) groups is 6. The van der Waals surface area contributed by atoms with Gasteiger partial charge in [0.05, 0.1) is 0 Å². The van der Waals surface area contributed by atoms with E-state index in [0.29, 0.717) is 0 Å². The number of fused-ring (bicyclic) bond motifs is 2. The summed E-state index contributed by atoms with van der Waals surface area (Å²) in [5, 5.41) is 0. The Balaban J connectivity index is 2.22. The minimum Gasteiger partial charge on any atom is -0.369 e. The summed E-state index contributed by atoms with van der Waals surface area (Å²) in [7, 11) is 0. The molecule has 0 bridgehead atoms. The minimum atomic E-state index is -1.62. The first-order chi connectivity index (χ1) is 9.88. The molecule has 0 spiro atoms. The molecule has 7 nitrogen and oxygen atoms in total. The molecular weight excluding hydrogens is 278 g/mol. The Morgan fingerprint density at radius 2 is 1.24 bits per heavy atom. The number of benzene rings is 1. The Kier molecular flexibility index (Phi) is 2.49. The van der Waals surface area contributed by atoms with Gasteiger partial charge in [0, 0.05) is 22.3 Å². The molecule has 21 heavy (non-hydrogen) atoms. The number of carbonyl (C=O) groups excluding carboxylic acids is 6. The monoisotopic (exact) mass is 285 g/mol. The Morgan fingerprint density at radius 1 is 0.857 bits per heavy atom. The molecule has 0 saturated carbocycles. The number of aldehydes is 1. The molecule has 0 aliphatic heterocycles. The van der Waals surface area contributed by atoms with Crippen LogP contribution in [0.15, 0.2) is 12.1 Å². The van der Waals surface area contributed by atoms with Crippen molar-refractivity contribution in [2.75, 3.05) is 0 Å². The number of Topliss-reactive ketones (excluding diaryl/α,β-unsaturated/α-hetero) is 4. The van der Waals surface area contributed by atoms with Crippen LogP contribution in [0.2, 0.25) is 0 Å². The van der Waals surface area contributed by atoms with E-state index in [9.17, 15) is 28.8 Å². The van der Waals surface area contributed by atoms with Crippen molar-refractivity contribution in [1.29, 1.82) is 0 Å². The van der Waals surface area contributed by atoms with Gasteiger partial charge in [0.25, 0.3) is 0 Å².